The maximum absolute atomic E-state index is 11.6. The number of esters is 1. The van der Waals surface area contributed by atoms with E-state index in [0.717, 1.165) is 4.90 Å². The fraction of sp³-hybridized carbons (Fsp3) is 0.200. The molecule has 120 valence electrons. The Labute approximate surface area is 142 Å². The third-order valence-corrected chi connectivity index (χ3v) is 3.88. The molecule has 8 heteroatoms. The van der Waals surface area contributed by atoms with Gasteiger partial charge >= 0.3 is 5.97 Å². The Bertz CT molecular complexity index is 653. The smallest absolute Gasteiger partial charge is 0.359 e. The van der Waals surface area contributed by atoms with Gasteiger partial charge in [0, 0.05) is 34.6 Å². The number of carbonyl (C=O) groups excluding carboxylic acids is 2. The lowest BCUT2D eigenvalue weighted by atomic mass is 10.4. The summed E-state index contributed by atoms with van der Waals surface area (Å²) in [6.45, 7) is 0.121. The third kappa shape index (κ3) is 6.25. The molecule has 0 saturated carbocycles. The summed E-state index contributed by atoms with van der Waals surface area (Å²) >= 11 is 7.40. The first-order valence-corrected chi connectivity index (χ1v) is 8.10. The van der Waals surface area contributed by atoms with Gasteiger partial charge in [-0.15, -0.1) is 11.8 Å². The van der Waals surface area contributed by atoms with Crippen LogP contribution in [0.1, 0.15) is 10.5 Å². The maximum Gasteiger partial charge on any atom is 0.359 e. The zero-order valence-corrected chi connectivity index (χ0v) is 13.6. The predicted molar refractivity (Wildman–Crippen MR) is 87.5 cm³/mol. The molecule has 2 aromatic rings. The van der Waals surface area contributed by atoms with Gasteiger partial charge in [-0.25, -0.2) is 9.78 Å². The summed E-state index contributed by atoms with van der Waals surface area (Å²) in [5.41, 5.74) is 0.0681. The topological polar surface area (TPSA) is 81.2 Å². The molecule has 0 saturated heterocycles. The van der Waals surface area contributed by atoms with Gasteiger partial charge in [0.2, 0.25) is 0 Å². The van der Waals surface area contributed by atoms with Gasteiger partial charge in [-0.1, -0.05) is 11.6 Å². The van der Waals surface area contributed by atoms with Gasteiger partial charge < -0.3 is 10.1 Å². The molecule has 0 atom stereocenters. The van der Waals surface area contributed by atoms with E-state index in [-0.39, 0.29) is 18.2 Å². The van der Waals surface area contributed by atoms with Gasteiger partial charge in [0.15, 0.2) is 12.3 Å². The molecule has 0 unspecified atom stereocenters. The number of carbonyl (C=O) groups is 2. The lowest BCUT2D eigenvalue weighted by molar-refractivity contribution is -0.124. The van der Waals surface area contributed by atoms with Crippen LogP contribution in [0.3, 0.4) is 0 Å². The molecule has 1 N–H and O–H groups in total. The molecule has 0 aliphatic rings. The first kappa shape index (κ1) is 17.2. The molecular formula is C15H14ClN3O3S. The lowest BCUT2D eigenvalue weighted by Crippen LogP contribution is -2.30. The summed E-state index contributed by atoms with van der Waals surface area (Å²) in [6.07, 6.45) is 4.11. The Kier molecular flexibility index (Phi) is 6.83. The second kappa shape index (κ2) is 9.12. The van der Waals surface area contributed by atoms with E-state index in [1.54, 1.807) is 11.8 Å². The summed E-state index contributed by atoms with van der Waals surface area (Å²) in [6, 6.07) is 7.46. The van der Waals surface area contributed by atoms with Crippen molar-refractivity contribution in [2.45, 2.75) is 4.90 Å². The minimum absolute atomic E-state index is 0.0681. The number of nitrogens with one attached hydrogen (secondary N) is 1. The number of hydrogen-bond donors (Lipinski definition) is 1. The van der Waals surface area contributed by atoms with Gasteiger partial charge in [0.1, 0.15) is 0 Å². The molecule has 1 aromatic heterocycles. The monoisotopic (exact) mass is 351 g/mol. The summed E-state index contributed by atoms with van der Waals surface area (Å²) in [5, 5.41) is 3.36. The van der Waals surface area contributed by atoms with Crippen LogP contribution in [0, 0.1) is 0 Å². The van der Waals surface area contributed by atoms with Crippen LogP contribution in [0.15, 0.2) is 47.8 Å². The Morgan fingerprint density at radius 3 is 2.70 bits per heavy atom. The molecule has 0 spiro atoms. The highest BCUT2D eigenvalue weighted by Gasteiger charge is 2.10. The number of nitrogens with zero attached hydrogens (tertiary/aromatic N) is 2. The zero-order valence-electron chi connectivity index (χ0n) is 12.1. The van der Waals surface area contributed by atoms with Gasteiger partial charge in [-0.05, 0) is 24.3 Å². The summed E-state index contributed by atoms with van der Waals surface area (Å²) in [7, 11) is 0. The van der Waals surface area contributed by atoms with Crippen LogP contribution in [0.4, 0.5) is 0 Å². The highest BCUT2D eigenvalue weighted by molar-refractivity contribution is 7.99. The summed E-state index contributed by atoms with van der Waals surface area (Å²) in [4.78, 5) is 31.8. The summed E-state index contributed by atoms with van der Waals surface area (Å²) in [5.74, 6) is -0.339. The first-order chi connectivity index (χ1) is 11.1. The molecule has 1 heterocycles. The molecule has 1 amide bonds. The molecular weight excluding hydrogens is 338 g/mol. The van der Waals surface area contributed by atoms with E-state index < -0.39 is 5.97 Å². The van der Waals surface area contributed by atoms with Gasteiger partial charge in [0.25, 0.3) is 5.91 Å². The molecule has 0 bridgehead atoms. The number of rotatable bonds is 7. The molecule has 0 radical (unpaired) electrons. The van der Waals surface area contributed by atoms with Crippen LogP contribution in [0.25, 0.3) is 0 Å². The van der Waals surface area contributed by atoms with Crippen molar-refractivity contribution in [3.63, 3.8) is 0 Å². The van der Waals surface area contributed by atoms with Crippen molar-refractivity contribution in [1.82, 2.24) is 15.3 Å². The van der Waals surface area contributed by atoms with Gasteiger partial charge in [-0.3, -0.25) is 9.78 Å². The van der Waals surface area contributed by atoms with Crippen molar-refractivity contribution in [1.29, 1.82) is 0 Å². The van der Waals surface area contributed by atoms with Crippen molar-refractivity contribution in [2.75, 3.05) is 18.9 Å². The minimum atomic E-state index is -0.677. The van der Waals surface area contributed by atoms with Crippen molar-refractivity contribution in [2.24, 2.45) is 0 Å². The number of hydrogen-bond acceptors (Lipinski definition) is 6. The fourth-order valence-corrected chi connectivity index (χ4v) is 2.45. The maximum atomic E-state index is 11.6. The van der Waals surface area contributed by atoms with Crippen LogP contribution in [-0.4, -0.2) is 40.7 Å². The van der Waals surface area contributed by atoms with Crippen LogP contribution in [-0.2, 0) is 9.53 Å². The first-order valence-electron chi connectivity index (χ1n) is 6.73. The van der Waals surface area contributed by atoms with Gasteiger partial charge in [0.05, 0.1) is 6.20 Å². The molecule has 2 rings (SSSR count). The number of benzene rings is 1. The van der Waals surface area contributed by atoms with E-state index in [9.17, 15) is 9.59 Å². The normalized spacial score (nSPS) is 10.1. The molecule has 6 nitrogen and oxygen atoms in total. The molecule has 1 aromatic carbocycles. The van der Waals surface area contributed by atoms with Crippen molar-refractivity contribution < 1.29 is 14.3 Å². The second-order valence-electron chi connectivity index (χ2n) is 4.32. The Hall–Kier alpha value is -2.12. The van der Waals surface area contributed by atoms with Crippen molar-refractivity contribution >= 4 is 35.2 Å². The van der Waals surface area contributed by atoms with E-state index >= 15 is 0 Å². The van der Waals surface area contributed by atoms with Crippen molar-refractivity contribution in [3.05, 3.63) is 53.6 Å². The number of aromatic nitrogens is 2. The van der Waals surface area contributed by atoms with Gasteiger partial charge in [-0.2, -0.15) is 0 Å². The third-order valence-electron chi connectivity index (χ3n) is 2.61. The number of amides is 1. The highest BCUT2D eigenvalue weighted by Crippen LogP contribution is 2.19. The summed E-state index contributed by atoms with van der Waals surface area (Å²) < 4.78 is 4.84. The molecule has 23 heavy (non-hydrogen) atoms. The predicted octanol–water partition coefficient (Wildman–Crippen LogP) is 2.20. The van der Waals surface area contributed by atoms with Crippen molar-refractivity contribution in [3.8, 4) is 0 Å². The zero-order chi connectivity index (χ0) is 16.5. The molecule has 0 aliphatic heterocycles. The van der Waals surface area contributed by atoms with Crippen LogP contribution in [0.5, 0.6) is 0 Å². The average Bonchev–Trinajstić information content (AvgIpc) is 2.59. The average molecular weight is 352 g/mol. The molecule has 0 aliphatic carbocycles. The standard InChI is InChI=1S/C15H14ClN3O3S/c16-11-1-3-12(4-2-11)23-8-7-19-14(20)10-22-15(21)13-9-17-5-6-18-13/h1-6,9H,7-8,10H2,(H,19,20). The fourth-order valence-electron chi connectivity index (χ4n) is 1.55. The minimum Gasteiger partial charge on any atom is -0.451 e. The lowest BCUT2D eigenvalue weighted by Gasteiger charge is -2.06. The Morgan fingerprint density at radius 1 is 1.22 bits per heavy atom. The molecule has 0 fully saturated rings. The number of ether oxygens (including phenoxy) is 1. The van der Waals surface area contributed by atoms with Crippen LogP contribution in [0.2, 0.25) is 5.02 Å². The SMILES string of the molecule is O=C(COC(=O)c1cnccn1)NCCSc1ccc(Cl)cc1. The quantitative estimate of drug-likeness (QED) is 0.468. The van der Waals surface area contributed by atoms with E-state index in [0.29, 0.717) is 17.3 Å². The number of halogens is 1. The number of thioether (sulfide) groups is 1. The second-order valence-corrected chi connectivity index (χ2v) is 5.92. The Morgan fingerprint density at radius 2 is 2.00 bits per heavy atom. The highest BCUT2D eigenvalue weighted by atomic mass is 35.5. The largest absolute Gasteiger partial charge is 0.451 e. The van der Waals surface area contributed by atoms with E-state index in [1.165, 1.54) is 18.6 Å². The van der Waals surface area contributed by atoms with E-state index in [2.05, 4.69) is 15.3 Å². The van der Waals surface area contributed by atoms with E-state index in [4.69, 9.17) is 16.3 Å². The Balaban J connectivity index is 1.62. The van der Waals surface area contributed by atoms with E-state index in [1.807, 2.05) is 24.3 Å². The van der Waals surface area contributed by atoms with Crippen LogP contribution < -0.4 is 5.32 Å². The van der Waals surface area contributed by atoms with Crippen LogP contribution >= 0.6 is 23.4 Å².